The number of rotatable bonds is 32. The number of aliphatic hydroxyl groups excluding tert-OH is 14. The van der Waals surface area contributed by atoms with Gasteiger partial charge in [-0.05, 0) is 0 Å². The van der Waals surface area contributed by atoms with Crippen LogP contribution in [0.4, 0.5) is 0 Å². The number of carboxylic acid groups (broad SMARTS) is 1. The van der Waals surface area contributed by atoms with Crippen LogP contribution >= 0.6 is 40.4 Å². The normalized spacial score (nSPS) is 32.4. The van der Waals surface area contributed by atoms with Crippen LogP contribution < -0.4 is 177 Å². The number of methoxy groups -OCH3 is 2. The first-order valence-corrected chi connectivity index (χ1v) is 36.9. The molecule has 0 bridgehead atoms. The number of aromatic nitrogens is 4. The number of hydrogen-bond donors (Lipinski definition) is 20. The maximum absolute atomic E-state index is 12.3. The standard InChI is InChI=1S/C21H35N3O19P2.C15H25N3O16P2.C6H13NO5.C6H12O4.BH2OP.4Na/c1-37-6-7-38-5-3-12(25)22-8-10-14(27)16(29)18(31)20(41-10)42-45(35,36)43-44(33,34)39-9-11-15(28)17(30)19(40-11)24-4-2-13(26)23-21(24)32;16-3-5-8(20)10(22)12(24)14(32-5)33-36(28,29)34-35(26,27)30-4-6-9(21)11(23)13(31-6)18-2-1-7(19)17-15(18)25;7-1-2-3(8)4(9)5(10)6(11)12-2;1-9-4-5-10-3-2-6(7)8;2-1-3;;;;/h2,4,10-11,14-20,27-31H,3,5-9H2,1H3,(H,22,25)(H,33,34)(H,35,36)(H,23,26,32);1-2,5-6,8-14,20-24H,3-4,16H2,(H,26,27)(H,28,29)(H,17,19,25);2-6,8-11H,1,7H2;2-5H2,1H3,(H,7,8);3H2;;;;/q;;;;;4*+1/p-4/t10?,11?,14-,15+,16-,17+,18?,19?,20+;5?,6?,8-,9+,10-,11+,12?,13?,14+;2?,3-,4-,5?,6?;;;;;;/m000....../s1. The van der Waals surface area contributed by atoms with Gasteiger partial charge in [0.25, 0.3) is 42.4 Å². The maximum atomic E-state index is 12.3. The van der Waals surface area contributed by atoms with E-state index in [0.717, 1.165) is 24.5 Å². The van der Waals surface area contributed by atoms with Crippen molar-refractivity contribution in [2.75, 3.05) is 86.7 Å². The second-order valence-corrected chi connectivity index (χ2v) is 28.1. The van der Waals surface area contributed by atoms with Gasteiger partial charge in [-0.15, -0.1) is 0 Å². The Bertz CT molecular complexity index is 3480. The van der Waals surface area contributed by atoms with Crippen molar-refractivity contribution in [1.29, 1.82) is 0 Å². The van der Waals surface area contributed by atoms with E-state index in [1.165, 1.54) is 7.11 Å². The van der Waals surface area contributed by atoms with Crippen LogP contribution in [0.25, 0.3) is 0 Å². The molecule has 5 fully saturated rings. The second-order valence-electron chi connectivity index (χ2n) is 22.0. The van der Waals surface area contributed by atoms with Gasteiger partial charge in [0.05, 0.1) is 59.3 Å². The van der Waals surface area contributed by atoms with Crippen molar-refractivity contribution in [2.45, 2.75) is 154 Å². The number of aromatic amines is 2. The minimum absolute atomic E-state index is 0. The van der Waals surface area contributed by atoms with Gasteiger partial charge >= 0.3 is 156 Å². The minimum Gasteiger partial charge on any atom is 1.00 e. The van der Waals surface area contributed by atoms with Crippen molar-refractivity contribution in [2.24, 2.45) is 11.5 Å². The molecule has 0 aromatic carbocycles. The number of ether oxygens (including phenoxy) is 9. The van der Waals surface area contributed by atoms with E-state index in [9.17, 15) is 123 Å². The largest absolute Gasteiger partial charge is 1.00 e. The summed E-state index contributed by atoms with van der Waals surface area (Å²) in [5, 5.41) is 147. The molecule has 7 rings (SSSR count). The number of carbonyl (C=O) groups excluding carboxylic acids is 1. The van der Waals surface area contributed by atoms with E-state index < -0.39 is 233 Å². The molecule has 52 nitrogen and oxygen atoms in total. The monoisotopic (exact) mass is 1740 g/mol. The Morgan fingerprint density at radius 2 is 0.855 bits per heavy atom. The molecule has 5 aliphatic heterocycles. The van der Waals surface area contributed by atoms with Crippen molar-refractivity contribution in [3.63, 3.8) is 0 Å². The van der Waals surface area contributed by atoms with Gasteiger partial charge in [0, 0.05) is 64.8 Å². The molecule has 0 saturated carbocycles. The molecule has 2 aromatic rings. The summed E-state index contributed by atoms with van der Waals surface area (Å²) in [6.45, 7) is -0.738. The van der Waals surface area contributed by atoms with E-state index in [-0.39, 0.29) is 157 Å². The van der Waals surface area contributed by atoms with Gasteiger partial charge < -0.3 is 165 Å². The van der Waals surface area contributed by atoms with Crippen LogP contribution in [0.2, 0.25) is 0 Å². The predicted molar refractivity (Wildman–Crippen MR) is 333 cm³/mol. The van der Waals surface area contributed by atoms with Gasteiger partial charge in [0.1, 0.15) is 110 Å². The number of aliphatic carboxylic acids is 1. The van der Waals surface area contributed by atoms with Gasteiger partial charge in [-0.2, -0.15) is 0 Å². The van der Waals surface area contributed by atoms with E-state index in [4.69, 9.17) is 74.5 Å². The molecule has 1 amide bonds. The topological polar surface area (TPSA) is 827 Å². The first-order valence-electron chi connectivity index (χ1n) is 30.4. The van der Waals surface area contributed by atoms with E-state index in [0.29, 0.717) is 35.8 Å². The number of phosphoric ester groups is 4. The molecule has 110 heavy (non-hydrogen) atoms. The number of H-pyrrole nitrogens is 2. The number of phosphoric acid groups is 4. The Morgan fingerprint density at radius 1 is 0.509 bits per heavy atom. The van der Waals surface area contributed by atoms with Crippen LogP contribution in [0.1, 0.15) is 25.3 Å². The van der Waals surface area contributed by atoms with Crippen LogP contribution in [0, 0.1) is 0 Å². The summed E-state index contributed by atoms with van der Waals surface area (Å²) in [4.78, 5) is 121. The molecule has 62 heteroatoms. The summed E-state index contributed by atoms with van der Waals surface area (Å²) in [7, 11) is -18.6. The second kappa shape index (κ2) is 54.4. The first-order chi connectivity index (χ1) is 49.5. The Kier molecular flexibility index (Phi) is 55.5. The third kappa shape index (κ3) is 37.0. The molecule has 5 saturated heterocycles. The number of carbonyl (C=O) groups is 2. The Morgan fingerprint density at radius 3 is 1.22 bits per heavy atom. The van der Waals surface area contributed by atoms with Crippen molar-refractivity contribution >= 4 is 59.2 Å². The number of amides is 1. The fourth-order valence-electron chi connectivity index (χ4n) is 8.98. The first kappa shape index (κ1) is 112. The Labute approximate surface area is 712 Å². The van der Waals surface area contributed by atoms with E-state index in [1.54, 1.807) is 7.11 Å². The zero-order valence-electron chi connectivity index (χ0n) is 59.2. The van der Waals surface area contributed by atoms with Gasteiger partial charge in [0.2, 0.25) is 5.91 Å². The molecule has 612 valence electrons. The number of carboxylic acids is 1. The number of nitrogens with zero attached hydrogens (tertiary/aromatic N) is 2. The minimum atomic E-state index is -5.99. The molecule has 2 aromatic heterocycles. The van der Waals surface area contributed by atoms with Gasteiger partial charge in [-0.25, -0.2) is 18.2 Å². The number of nitrogens with one attached hydrogen (secondary N) is 3. The molecular formula is C48H83BN7Na4O45P5. The van der Waals surface area contributed by atoms with Crippen LogP contribution in [0.3, 0.4) is 0 Å². The van der Waals surface area contributed by atoms with Gasteiger partial charge in [0.15, 0.2) is 31.3 Å². The molecule has 22 N–H and O–H groups in total. The Hall–Kier alpha value is 0.115. The van der Waals surface area contributed by atoms with Crippen LogP contribution in [0.15, 0.2) is 43.7 Å². The van der Waals surface area contributed by atoms with E-state index in [1.807, 2.05) is 19.1 Å². The summed E-state index contributed by atoms with van der Waals surface area (Å²) < 4.78 is 129. The summed E-state index contributed by atoms with van der Waals surface area (Å²) in [5.41, 5.74) is 6.91. The molecular weight excluding hydrogens is 1650 g/mol. The zero-order chi connectivity index (χ0) is 80.4. The molecule has 0 radical (unpaired) electrons. The Balaban J connectivity index is 0. The summed E-state index contributed by atoms with van der Waals surface area (Å²) in [6.07, 6.45) is -37.8. The van der Waals surface area contributed by atoms with Crippen LogP contribution in [-0.2, 0) is 102 Å². The van der Waals surface area contributed by atoms with Crippen molar-refractivity contribution in [3.05, 3.63) is 66.2 Å². The van der Waals surface area contributed by atoms with E-state index >= 15 is 0 Å². The molecule has 7 heterocycles. The summed E-state index contributed by atoms with van der Waals surface area (Å²) >= 11 is 0. The van der Waals surface area contributed by atoms with Crippen molar-refractivity contribution < 1.29 is 316 Å². The van der Waals surface area contributed by atoms with E-state index in [2.05, 4.69) is 36.8 Å². The molecule has 28 atom stereocenters. The van der Waals surface area contributed by atoms with Crippen molar-refractivity contribution in [1.82, 2.24) is 24.4 Å². The average molecular weight is 1740 g/mol. The van der Waals surface area contributed by atoms with Crippen molar-refractivity contribution in [3.8, 4) is 0 Å². The molecule has 16 unspecified atom stereocenters. The number of nitrogens with two attached hydrogens (primary N) is 2. The molecule has 0 aliphatic carbocycles. The molecule has 5 aliphatic rings. The number of aliphatic hydroxyl groups is 14. The van der Waals surface area contributed by atoms with Crippen LogP contribution in [-0.4, -0.2) is 330 Å². The third-order valence-corrected chi connectivity index (χ3v) is 19.4. The smallest absolute Gasteiger partial charge is 1.00 e. The summed E-state index contributed by atoms with van der Waals surface area (Å²) in [5.74, 6) is -1.41. The fourth-order valence-corrected chi connectivity index (χ4v) is 13.1. The third-order valence-electron chi connectivity index (χ3n) is 14.4. The summed E-state index contributed by atoms with van der Waals surface area (Å²) in [6, 6.07) is 1.83. The fraction of sp³-hybridized carbons (Fsp3) is 0.792. The molecule has 0 spiro atoms. The van der Waals surface area contributed by atoms with Crippen LogP contribution in [0.5, 0.6) is 0 Å². The SMILES string of the molecule is COCCOCCC(=O)NCC1O[C@H](OP(=O)([O-])OP(=O)([O-])OCC2OC(n3ccc(=O)[nH]c3=O)[C@H](O)[C@@H]2O)C(O)[C@@H](O)[C@H]1O.COCCOCCC(=O)O.NCC1OC(O)C(O)[C@@H](O)[C@H]1O.NCC1O[C@H](OP(=O)([O-])OP(=O)([O-])OCC2OC(n3ccc(=O)[nH]c3=O)[C@H](O)[C@@H]2O)C(O)[C@@H](O)[C@H]1O.O=BP.[Na+].[Na+].[Na+].[Na+]. The van der Waals surface area contributed by atoms with Gasteiger partial charge in [-0.1, -0.05) is 0 Å². The van der Waals surface area contributed by atoms with Gasteiger partial charge in [-0.3, -0.25) is 65.6 Å². The quantitative estimate of drug-likeness (QED) is 0.0184. The zero-order valence-corrected chi connectivity index (χ0v) is 72.0. The predicted octanol–water partition coefficient (Wildman–Crippen LogP) is -27.3. The average Bonchev–Trinajstić information content (AvgIpc) is 1.58. The maximum Gasteiger partial charge on any atom is 1.00 e. The number of hydrogen-bond acceptors (Lipinski definition) is 46.